The van der Waals surface area contributed by atoms with Crippen LogP contribution in [0.1, 0.15) is 41.5 Å². The molecule has 0 bridgehead atoms. The number of carboxylic acid groups (broad SMARTS) is 1. The van der Waals surface area contributed by atoms with E-state index in [1.165, 1.54) is 41.5 Å². The predicted octanol–water partition coefficient (Wildman–Crippen LogP) is -3.06. The second kappa shape index (κ2) is 12.5. The predicted molar refractivity (Wildman–Crippen MR) is 109 cm³/mol. The first-order valence-electron chi connectivity index (χ1n) is 9.67. The molecule has 176 valence electrons. The van der Waals surface area contributed by atoms with Crippen LogP contribution in [0.3, 0.4) is 0 Å². The van der Waals surface area contributed by atoms with Gasteiger partial charge in [0.2, 0.25) is 29.5 Å². The lowest BCUT2D eigenvalue weighted by Gasteiger charge is -2.22. The van der Waals surface area contributed by atoms with E-state index in [2.05, 4.69) is 26.6 Å². The molecule has 0 aromatic heterocycles. The van der Waals surface area contributed by atoms with Gasteiger partial charge in [-0.3, -0.25) is 28.8 Å². The maximum Gasteiger partial charge on any atom is 0.325 e. The van der Waals surface area contributed by atoms with Crippen LogP contribution in [-0.4, -0.2) is 76.9 Å². The zero-order valence-corrected chi connectivity index (χ0v) is 18.4. The van der Waals surface area contributed by atoms with Crippen LogP contribution in [0.15, 0.2) is 0 Å². The Labute approximate surface area is 180 Å². The molecular weight excluding hydrogens is 412 g/mol. The second-order valence-electron chi connectivity index (χ2n) is 7.28. The third-order valence-corrected chi connectivity index (χ3v) is 4.15. The van der Waals surface area contributed by atoms with Crippen LogP contribution in [0.2, 0.25) is 0 Å². The number of carbonyl (C=O) groups is 6. The van der Waals surface area contributed by atoms with Gasteiger partial charge in [-0.1, -0.05) is 0 Å². The molecule has 0 saturated carbocycles. The van der Waals surface area contributed by atoms with Crippen molar-refractivity contribution in [3.8, 4) is 0 Å². The van der Waals surface area contributed by atoms with E-state index in [1.807, 2.05) is 0 Å². The highest BCUT2D eigenvalue weighted by Gasteiger charge is 2.26. The SMILES string of the molecule is C[C@@H](N)C(=O)N[C@H](C)C(=O)N[C@H](C)C(=O)N[C@H](C)C(=O)N[C@H](C)C(=O)N[C@H](C)C(=O)O. The number of amides is 5. The smallest absolute Gasteiger partial charge is 0.325 e. The summed E-state index contributed by atoms with van der Waals surface area (Å²) in [6.45, 7) is 8.28. The summed E-state index contributed by atoms with van der Waals surface area (Å²) >= 11 is 0. The molecule has 0 spiro atoms. The Kier molecular flexibility index (Phi) is 11.2. The molecule has 0 radical (unpaired) electrons. The van der Waals surface area contributed by atoms with Crippen molar-refractivity contribution in [1.29, 1.82) is 0 Å². The third-order valence-electron chi connectivity index (χ3n) is 4.15. The van der Waals surface area contributed by atoms with Crippen LogP contribution in [0.4, 0.5) is 0 Å². The lowest BCUT2D eigenvalue weighted by Crippen LogP contribution is -2.57. The molecule has 0 aliphatic carbocycles. The molecule has 8 N–H and O–H groups in total. The molecule has 0 unspecified atom stereocenters. The Bertz CT molecular complexity index is 712. The summed E-state index contributed by atoms with van der Waals surface area (Å²) in [6.07, 6.45) is 0. The van der Waals surface area contributed by atoms with Gasteiger partial charge < -0.3 is 37.4 Å². The van der Waals surface area contributed by atoms with Crippen LogP contribution < -0.4 is 32.3 Å². The van der Waals surface area contributed by atoms with Gasteiger partial charge in [-0.2, -0.15) is 0 Å². The van der Waals surface area contributed by atoms with E-state index in [4.69, 9.17) is 10.8 Å². The van der Waals surface area contributed by atoms with Gasteiger partial charge in [0.05, 0.1) is 6.04 Å². The van der Waals surface area contributed by atoms with Crippen LogP contribution in [0.25, 0.3) is 0 Å². The van der Waals surface area contributed by atoms with Gasteiger partial charge in [-0.05, 0) is 41.5 Å². The largest absolute Gasteiger partial charge is 0.480 e. The van der Waals surface area contributed by atoms with E-state index < -0.39 is 71.8 Å². The minimum atomic E-state index is -1.23. The van der Waals surface area contributed by atoms with Gasteiger partial charge in [-0.25, -0.2) is 0 Å². The van der Waals surface area contributed by atoms with Gasteiger partial charge in [0, 0.05) is 0 Å². The highest BCUT2D eigenvalue weighted by atomic mass is 16.4. The van der Waals surface area contributed by atoms with E-state index in [9.17, 15) is 28.8 Å². The van der Waals surface area contributed by atoms with Crippen LogP contribution >= 0.6 is 0 Å². The van der Waals surface area contributed by atoms with Crippen LogP contribution in [0, 0.1) is 0 Å². The fourth-order valence-corrected chi connectivity index (χ4v) is 2.02. The molecule has 31 heavy (non-hydrogen) atoms. The second-order valence-corrected chi connectivity index (χ2v) is 7.28. The molecular formula is C18H32N6O7. The van der Waals surface area contributed by atoms with Crippen LogP contribution in [-0.2, 0) is 28.8 Å². The summed E-state index contributed by atoms with van der Waals surface area (Å²) < 4.78 is 0. The van der Waals surface area contributed by atoms with Gasteiger partial charge in [0.15, 0.2) is 0 Å². The molecule has 13 nitrogen and oxygen atoms in total. The average molecular weight is 444 g/mol. The first-order valence-corrected chi connectivity index (χ1v) is 9.67. The van der Waals surface area contributed by atoms with Crippen molar-refractivity contribution >= 4 is 35.5 Å². The fourth-order valence-electron chi connectivity index (χ4n) is 2.02. The Morgan fingerprint density at radius 2 is 0.742 bits per heavy atom. The molecule has 0 rings (SSSR count). The van der Waals surface area contributed by atoms with Crippen molar-refractivity contribution in [2.24, 2.45) is 5.73 Å². The van der Waals surface area contributed by atoms with E-state index in [1.54, 1.807) is 0 Å². The summed E-state index contributed by atoms with van der Waals surface area (Å²) in [5.41, 5.74) is 5.41. The highest BCUT2D eigenvalue weighted by Crippen LogP contribution is 1.93. The average Bonchev–Trinajstić information content (AvgIpc) is 2.66. The topological polar surface area (TPSA) is 209 Å². The Balaban J connectivity index is 4.63. The zero-order chi connectivity index (χ0) is 24.5. The standard InChI is InChI=1S/C18H32N6O7/c1-7(19)13(25)20-8(2)14(26)21-9(3)15(27)22-10(4)16(28)23-11(5)17(29)24-12(6)18(30)31/h7-12H,19H2,1-6H3,(H,20,25)(H,21,26)(H,22,27)(H,23,28)(H,24,29)(H,30,31)/t7-,8-,9-,10-,11-,12-/m1/s1. The van der Waals surface area contributed by atoms with Crippen molar-refractivity contribution in [2.75, 3.05) is 0 Å². The number of aliphatic carboxylic acids is 1. The van der Waals surface area contributed by atoms with E-state index in [-0.39, 0.29) is 0 Å². The number of carbonyl (C=O) groups excluding carboxylic acids is 5. The third kappa shape index (κ3) is 9.89. The van der Waals surface area contributed by atoms with Gasteiger partial charge >= 0.3 is 5.97 Å². The molecule has 0 aromatic carbocycles. The molecule has 0 aliphatic heterocycles. The first-order chi connectivity index (χ1) is 14.2. The van der Waals surface area contributed by atoms with E-state index in [0.29, 0.717) is 0 Å². The van der Waals surface area contributed by atoms with E-state index in [0.717, 1.165) is 0 Å². The van der Waals surface area contributed by atoms with Gasteiger partial charge in [-0.15, -0.1) is 0 Å². The monoisotopic (exact) mass is 444 g/mol. The van der Waals surface area contributed by atoms with Crippen molar-refractivity contribution in [2.45, 2.75) is 77.8 Å². The van der Waals surface area contributed by atoms with Crippen LogP contribution in [0.5, 0.6) is 0 Å². The molecule has 0 aliphatic rings. The van der Waals surface area contributed by atoms with Crippen molar-refractivity contribution in [1.82, 2.24) is 26.6 Å². The quantitative estimate of drug-likeness (QED) is 0.173. The van der Waals surface area contributed by atoms with Gasteiger partial charge in [0.25, 0.3) is 0 Å². The molecule has 5 amide bonds. The molecule has 13 heteroatoms. The number of hydrogen-bond donors (Lipinski definition) is 7. The number of carboxylic acids is 1. The summed E-state index contributed by atoms with van der Waals surface area (Å²) in [6, 6.07) is -5.97. The fraction of sp³-hybridized carbons (Fsp3) is 0.667. The van der Waals surface area contributed by atoms with Crippen molar-refractivity contribution in [3.05, 3.63) is 0 Å². The minimum Gasteiger partial charge on any atom is -0.480 e. The first kappa shape index (κ1) is 27.8. The number of hydrogen-bond acceptors (Lipinski definition) is 7. The number of nitrogens with one attached hydrogen (secondary N) is 5. The Morgan fingerprint density at radius 1 is 0.516 bits per heavy atom. The Hall–Kier alpha value is -3.22. The van der Waals surface area contributed by atoms with Crippen molar-refractivity contribution in [3.63, 3.8) is 0 Å². The maximum absolute atomic E-state index is 12.2. The number of nitrogens with two attached hydrogens (primary N) is 1. The summed E-state index contributed by atoms with van der Waals surface area (Å²) in [5.74, 6) is -4.43. The highest BCUT2D eigenvalue weighted by molar-refractivity contribution is 5.95. The molecule has 0 aromatic rings. The molecule has 0 heterocycles. The van der Waals surface area contributed by atoms with Gasteiger partial charge in [0.1, 0.15) is 30.2 Å². The maximum atomic E-state index is 12.2. The summed E-state index contributed by atoms with van der Waals surface area (Å²) in [7, 11) is 0. The van der Waals surface area contributed by atoms with Crippen molar-refractivity contribution < 1.29 is 33.9 Å². The molecule has 0 fully saturated rings. The zero-order valence-electron chi connectivity index (χ0n) is 18.4. The normalized spacial score (nSPS) is 16.4. The number of rotatable bonds is 11. The summed E-state index contributed by atoms with van der Waals surface area (Å²) in [4.78, 5) is 70.7. The molecule has 6 atom stereocenters. The lowest BCUT2D eigenvalue weighted by atomic mass is 10.2. The summed E-state index contributed by atoms with van der Waals surface area (Å²) in [5, 5.41) is 20.5. The molecule has 0 saturated heterocycles. The minimum absolute atomic E-state index is 0.527. The van der Waals surface area contributed by atoms with E-state index >= 15 is 0 Å². The Morgan fingerprint density at radius 3 is 0.968 bits per heavy atom. The lowest BCUT2D eigenvalue weighted by molar-refractivity contribution is -0.141.